The fourth-order valence-corrected chi connectivity index (χ4v) is 4.16. The Balaban J connectivity index is 1.63. The summed E-state index contributed by atoms with van der Waals surface area (Å²) in [5.41, 5.74) is 2.79. The van der Waals surface area contributed by atoms with Crippen molar-refractivity contribution in [3.63, 3.8) is 0 Å². The number of methoxy groups -OCH3 is 2. The number of rotatable bonds is 6. The van der Waals surface area contributed by atoms with Crippen molar-refractivity contribution in [1.29, 1.82) is 0 Å². The van der Waals surface area contributed by atoms with Gasteiger partial charge >= 0.3 is 0 Å². The molecular formula is C23H28ClN3O3. The molecule has 0 unspecified atom stereocenters. The van der Waals surface area contributed by atoms with E-state index < -0.39 is 0 Å². The molecule has 0 N–H and O–H groups in total. The summed E-state index contributed by atoms with van der Waals surface area (Å²) in [6.45, 7) is 3.40. The Hall–Kier alpha value is -2.44. The van der Waals surface area contributed by atoms with Gasteiger partial charge in [0.05, 0.1) is 37.2 Å². The topological polar surface area (TPSA) is 46.5 Å². The van der Waals surface area contributed by atoms with E-state index in [1.165, 1.54) is 0 Å². The smallest absolute Gasteiger partial charge is 0.163 e. The third kappa shape index (κ3) is 4.35. The molecule has 2 aliphatic rings. The molecule has 2 aromatic carbocycles. The maximum atomic E-state index is 6.52. The zero-order chi connectivity index (χ0) is 21.1. The second-order valence-corrected chi connectivity index (χ2v) is 8.23. The predicted molar refractivity (Wildman–Crippen MR) is 121 cm³/mol. The average Bonchev–Trinajstić information content (AvgIpc) is 2.78. The summed E-state index contributed by atoms with van der Waals surface area (Å²) in [5.74, 6) is 2.77. The van der Waals surface area contributed by atoms with E-state index in [4.69, 9.17) is 25.8 Å². The molecule has 0 aliphatic carbocycles. The van der Waals surface area contributed by atoms with E-state index in [2.05, 4.69) is 21.8 Å². The summed E-state index contributed by atoms with van der Waals surface area (Å²) in [7, 11) is 5.49. The molecule has 7 heteroatoms. The number of ether oxygens (including phenoxy) is 3. The average molecular weight is 430 g/mol. The third-order valence-corrected chi connectivity index (χ3v) is 6.13. The highest BCUT2D eigenvalue weighted by atomic mass is 35.5. The Morgan fingerprint density at radius 1 is 1.03 bits per heavy atom. The van der Waals surface area contributed by atoms with E-state index >= 15 is 0 Å². The van der Waals surface area contributed by atoms with E-state index in [9.17, 15) is 0 Å². The first-order valence-corrected chi connectivity index (χ1v) is 10.6. The van der Waals surface area contributed by atoms with Gasteiger partial charge in [0.1, 0.15) is 12.4 Å². The third-order valence-electron chi connectivity index (χ3n) is 5.81. The Morgan fingerprint density at radius 3 is 2.57 bits per heavy atom. The van der Waals surface area contributed by atoms with Gasteiger partial charge in [-0.2, -0.15) is 0 Å². The number of fused-ring (bicyclic) bond motifs is 1. The molecule has 1 saturated heterocycles. The summed E-state index contributed by atoms with van der Waals surface area (Å²) in [4.78, 5) is 8.94. The summed E-state index contributed by atoms with van der Waals surface area (Å²) in [5, 5.41) is 0.642. The summed E-state index contributed by atoms with van der Waals surface area (Å²) >= 11 is 6.52. The first kappa shape index (κ1) is 20.8. The lowest BCUT2D eigenvalue weighted by molar-refractivity contribution is 0.157. The number of likely N-dealkylation sites (tertiary alicyclic amines) is 1. The molecule has 0 bridgehead atoms. The lowest BCUT2D eigenvalue weighted by Crippen LogP contribution is -2.32. The van der Waals surface area contributed by atoms with Gasteiger partial charge in [-0.25, -0.2) is 0 Å². The molecule has 2 aliphatic heterocycles. The molecule has 0 aromatic heterocycles. The van der Waals surface area contributed by atoms with Gasteiger partial charge in [0.2, 0.25) is 0 Å². The molecule has 0 amide bonds. The number of halogens is 1. The maximum Gasteiger partial charge on any atom is 0.163 e. The largest absolute Gasteiger partial charge is 0.497 e. The van der Waals surface area contributed by atoms with E-state index in [0.717, 1.165) is 54.4 Å². The van der Waals surface area contributed by atoms with Crippen LogP contribution in [0.1, 0.15) is 18.4 Å². The van der Waals surface area contributed by atoms with Crippen LogP contribution in [0.4, 0.5) is 11.4 Å². The van der Waals surface area contributed by atoms with Crippen molar-refractivity contribution in [2.24, 2.45) is 10.9 Å². The SMILES string of the molecule is COc1ccc(Cl)c(N2CN=Cc3cc(OC)c(OCC4CCN(C)CC4)cc32)c1. The van der Waals surface area contributed by atoms with Gasteiger partial charge in [0.25, 0.3) is 0 Å². The monoisotopic (exact) mass is 429 g/mol. The van der Waals surface area contributed by atoms with Crippen molar-refractivity contribution in [2.75, 3.05) is 52.5 Å². The summed E-state index contributed by atoms with van der Waals surface area (Å²) in [6.07, 6.45) is 4.17. The van der Waals surface area contributed by atoms with Crippen molar-refractivity contribution in [3.8, 4) is 17.2 Å². The van der Waals surface area contributed by atoms with E-state index in [1.54, 1.807) is 14.2 Å². The second-order valence-electron chi connectivity index (χ2n) is 7.82. The highest BCUT2D eigenvalue weighted by Crippen LogP contribution is 2.42. The number of hydrogen-bond donors (Lipinski definition) is 0. The zero-order valence-electron chi connectivity index (χ0n) is 17.7. The van der Waals surface area contributed by atoms with Crippen LogP contribution in [-0.4, -0.2) is 58.7 Å². The Labute approximate surface area is 183 Å². The van der Waals surface area contributed by atoms with E-state index in [0.29, 0.717) is 30.0 Å². The van der Waals surface area contributed by atoms with Gasteiger partial charge in [-0.3, -0.25) is 4.99 Å². The minimum atomic E-state index is 0.473. The number of hydrogen-bond acceptors (Lipinski definition) is 6. The molecule has 30 heavy (non-hydrogen) atoms. The second kappa shape index (κ2) is 9.14. The molecule has 0 atom stereocenters. The van der Waals surface area contributed by atoms with Crippen LogP contribution in [0.25, 0.3) is 0 Å². The van der Waals surface area contributed by atoms with Crippen LogP contribution >= 0.6 is 11.6 Å². The van der Waals surface area contributed by atoms with Crippen molar-refractivity contribution in [2.45, 2.75) is 12.8 Å². The Kier molecular flexibility index (Phi) is 6.35. The van der Waals surface area contributed by atoms with Crippen molar-refractivity contribution >= 4 is 29.2 Å². The van der Waals surface area contributed by atoms with Gasteiger partial charge in [0.15, 0.2) is 11.5 Å². The molecular weight excluding hydrogens is 402 g/mol. The van der Waals surface area contributed by atoms with Gasteiger partial charge in [-0.1, -0.05) is 11.6 Å². The van der Waals surface area contributed by atoms with Gasteiger partial charge < -0.3 is 24.0 Å². The van der Waals surface area contributed by atoms with Gasteiger partial charge in [0, 0.05) is 23.9 Å². The lowest BCUT2D eigenvalue weighted by Gasteiger charge is -2.31. The summed E-state index contributed by atoms with van der Waals surface area (Å²) < 4.78 is 17.3. The number of piperidine rings is 1. The minimum Gasteiger partial charge on any atom is -0.497 e. The predicted octanol–water partition coefficient (Wildman–Crippen LogP) is 4.61. The first-order chi connectivity index (χ1) is 14.6. The number of anilines is 2. The first-order valence-electron chi connectivity index (χ1n) is 10.2. The van der Waals surface area contributed by atoms with Crippen LogP contribution in [0.5, 0.6) is 17.2 Å². The number of aliphatic imine (C=N–C) groups is 1. The molecule has 2 heterocycles. The van der Waals surface area contributed by atoms with Crippen LogP contribution in [0.3, 0.4) is 0 Å². The van der Waals surface area contributed by atoms with Crippen LogP contribution in [-0.2, 0) is 0 Å². The van der Waals surface area contributed by atoms with Crippen LogP contribution in [0.2, 0.25) is 5.02 Å². The number of nitrogens with zero attached hydrogens (tertiary/aromatic N) is 3. The molecule has 0 spiro atoms. The van der Waals surface area contributed by atoms with Gasteiger partial charge in [-0.15, -0.1) is 0 Å². The molecule has 0 saturated carbocycles. The van der Waals surface area contributed by atoms with Crippen LogP contribution < -0.4 is 19.1 Å². The van der Waals surface area contributed by atoms with Crippen molar-refractivity contribution in [1.82, 2.24) is 4.90 Å². The van der Waals surface area contributed by atoms with Crippen molar-refractivity contribution < 1.29 is 14.2 Å². The number of benzene rings is 2. The molecule has 2 aromatic rings. The Bertz CT molecular complexity index is 926. The molecule has 6 nitrogen and oxygen atoms in total. The molecule has 0 radical (unpaired) electrons. The zero-order valence-corrected chi connectivity index (χ0v) is 18.5. The van der Waals surface area contributed by atoms with Crippen LogP contribution in [0, 0.1) is 5.92 Å². The minimum absolute atomic E-state index is 0.473. The summed E-state index contributed by atoms with van der Waals surface area (Å²) in [6, 6.07) is 9.63. The highest BCUT2D eigenvalue weighted by Gasteiger charge is 2.23. The standard InChI is InChI=1S/C23H28ClN3O3/c1-26-8-6-16(7-9-26)14-30-23-12-20-17(10-22(23)29-3)13-25-15-27(20)21-11-18(28-2)4-5-19(21)24/h4-5,10-13,16H,6-9,14-15H2,1-3H3. The normalized spacial score (nSPS) is 17.0. The fourth-order valence-electron chi connectivity index (χ4n) is 3.94. The van der Waals surface area contributed by atoms with E-state index in [1.807, 2.05) is 36.5 Å². The van der Waals surface area contributed by atoms with E-state index in [-0.39, 0.29) is 0 Å². The molecule has 4 rings (SSSR count). The van der Waals surface area contributed by atoms with Crippen LogP contribution in [0.15, 0.2) is 35.3 Å². The Morgan fingerprint density at radius 2 is 1.83 bits per heavy atom. The quantitative estimate of drug-likeness (QED) is 0.671. The molecule has 160 valence electrons. The van der Waals surface area contributed by atoms with Crippen molar-refractivity contribution in [3.05, 3.63) is 40.9 Å². The molecule has 1 fully saturated rings. The lowest BCUT2D eigenvalue weighted by atomic mass is 9.98. The van der Waals surface area contributed by atoms with Gasteiger partial charge in [-0.05, 0) is 57.1 Å². The fraction of sp³-hybridized carbons (Fsp3) is 0.435. The highest BCUT2D eigenvalue weighted by molar-refractivity contribution is 6.33. The maximum absolute atomic E-state index is 6.52.